The van der Waals surface area contributed by atoms with E-state index in [4.69, 9.17) is 11.5 Å². The highest BCUT2D eigenvalue weighted by Gasteiger charge is 2.36. The average Bonchev–Trinajstić information content (AvgIpc) is 2.81. The second-order valence-electron chi connectivity index (χ2n) is 3.21. The number of hydrogen-bond acceptors (Lipinski definition) is 2. The minimum atomic E-state index is -0.792. The first kappa shape index (κ1) is 9.08. The van der Waals surface area contributed by atoms with E-state index in [-0.39, 0.29) is 6.04 Å². The fourth-order valence-electron chi connectivity index (χ4n) is 1.16. The second-order valence-corrected chi connectivity index (χ2v) is 3.21. The lowest BCUT2D eigenvalue weighted by atomic mass is 10.1. The van der Waals surface area contributed by atoms with Crippen LogP contribution in [0.1, 0.15) is 19.8 Å². The summed E-state index contributed by atoms with van der Waals surface area (Å²) in [6, 6.07) is -0.609. The van der Waals surface area contributed by atoms with E-state index in [1.165, 1.54) is 0 Å². The molecule has 1 aliphatic rings. The van der Waals surface area contributed by atoms with Crippen molar-refractivity contribution < 1.29 is 9.90 Å². The zero-order valence-corrected chi connectivity index (χ0v) is 7.08. The van der Waals surface area contributed by atoms with Gasteiger partial charge in [-0.1, -0.05) is 5.92 Å². The van der Waals surface area contributed by atoms with Crippen LogP contribution < -0.4 is 5.32 Å². The standard InChI is InChI=1S/C9H13NO2/c1-3-6(2)10-8(9(11)12)7-4-5-7/h1,6-8,10H,4-5H2,2H3,(H,11,12). The van der Waals surface area contributed by atoms with Crippen molar-refractivity contribution in [3.8, 4) is 12.3 Å². The maximum absolute atomic E-state index is 10.7. The first-order valence-corrected chi connectivity index (χ1v) is 4.10. The fourth-order valence-corrected chi connectivity index (χ4v) is 1.16. The molecule has 1 aliphatic carbocycles. The van der Waals surface area contributed by atoms with Crippen LogP contribution in [0.5, 0.6) is 0 Å². The summed E-state index contributed by atoms with van der Waals surface area (Å²) < 4.78 is 0. The smallest absolute Gasteiger partial charge is 0.321 e. The van der Waals surface area contributed by atoms with Crippen LogP contribution in [0.15, 0.2) is 0 Å². The molecule has 1 rings (SSSR count). The number of carboxylic acid groups (broad SMARTS) is 1. The van der Waals surface area contributed by atoms with Crippen LogP contribution in [0.25, 0.3) is 0 Å². The number of rotatable bonds is 4. The molecule has 2 unspecified atom stereocenters. The van der Waals surface area contributed by atoms with E-state index in [9.17, 15) is 4.79 Å². The molecule has 1 saturated carbocycles. The van der Waals surface area contributed by atoms with Gasteiger partial charge in [0.1, 0.15) is 6.04 Å². The number of carboxylic acids is 1. The van der Waals surface area contributed by atoms with E-state index in [0.29, 0.717) is 5.92 Å². The maximum atomic E-state index is 10.7. The number of carbonyl (C=O) groups is 1. The topological polar surface area (TPSA) is 49.3 Å². The molecule has 0 amide bonds. The van der Waals surface area contributed by atoms with Crippen molar-refractivity contribution in [2.45, 2.75) is 31.8 Å². The van der Waals surface area contributed by atoms with Crippen LogP contribution >= 0.6 is 0 Å². The molecular formula is C9H13NO2. The zero-order valence-electron chi connectivity index (χ0n) is 7.08. The van der Waals surface area contributed by atoms with Crippen LogP contribution in [0.4, 0.5) is 0 Å². The fraction of sp³-hybridized carbons (Fsp3) is 0.667. The highest BCUT2D eigenvalue weighted by molar-refractivity contribution is 5.74. The van der Waals surface area contributed by atoms with Gasteiger partial charge in [0.15, 0.2) is 0 Å². The Kier molecular flexibility index (Phi) is 2.72. The molecule has 66 valence electrons. The van der Waals surface area contributed by atoms with Gasteiger partial charge in [-0.15, -0.1) is 6.42 Å². The molecule has 0 aromatic rings. The van der Waals surface area contributed by atoms with Crippen LogP contribution in [0, 0.1) is 18.3 Å². The third kappa shape index (κ3) is 2.24. The molecule has 1 fully saturated rings. The Morgan fingerprint density at radius 1 is 1.75 bits per heavy atom. The average molecular weight is 167 g/mol. The molecular weight excluding hydrogens is 154 g/mol. The van der Waals surface area contributed by atoms with E-state index in [2.05, 4.69) is 11.2 Å². The number of nitrogens with one attached hydrogen (secondary N) is 1. The normalized spacial score (nSPS) is 21.0. The minimum absolute atomic E-state index is 0.160. The van der Waals surface area contributed by atoms with E-state index in [1.54, 1.807) is 6.92 Å². The molecule has 3 heteroatoms. The van der Waals surface area contributed by atoms with E-state index < -0.39 is 12.0 Å². The predicted octanol–water partition coefficient (Wildman–Crippen LogP) is 0.461. The van der Waals surface area contributed by atoms with Gasteiger partial charge in [-0.3, -0.25) is 10.1 Å². The van der Waals surface area contributed by atoms with Crippen molar-refractivity contribution in [1.29, 1.82) is 0 Å². The highest BCUT2D eigenvalue weighted by atomic mass is 16.4. The van der Waals surface area contributed by atoms with Gasteiger partial charge in [0.2, 0.25) is 0 Å². The molecule has 0 radical (unpaired) electrons. The molecule has 2 atom stereocenters. The summed E-state index contributed by atoms with van der Waals surface area (Å²) in [5.41, 5.74) is 0. The Hall–Kier alpha value is -1.01. The number of hydrogen-bond donors (Lipinski definition) is 2. The number of terminal acetylenes is 1. The number of aliphatic carboxylic acids is 1. The summed E-state index contributed by atoms with van der Waals surface area (Å²) in [6.45, 7) is 1.79. The monoisotopic (exact) mass is 167 g/mol. The lowest BCUT2D eigenvalue weighted by molar-refractivity contribution is -0.140. The maximum Gasteiger partial charge on any atom is 0.321 e. The van der Waals surface area contributed by atoms with Crippen molar-refractivity contribution in [3.63, 3.8) is 0 Å². The molecule has 12 heavy (non-hydrogen) atoms. The van der Waals surface area contributed by atoms with Crippen molar-refractivity contribution in [2.75, 3.05) is 0 Å². The highest BCUT2D eigenvalue weighted by Crippen LogP contribution is 2.32. The minimum Gasteiger partial charge on any atom is -0.480 e. The Morgan fingerprint density at radius 2 is 2.33 bits per heavy atom. The Morgan fingerprint density at radius 3 is 2.67 bits per heavy atom. The van der Waals surface area contributed by atoms with Gasteiger partial charge in [0.25, 0.3) is 0 Å². The lowest BCUT2D eigenvalue weighted by Gasteiger charge is -2.15. The molecule has 0 aromatic carbocycles. The Bertz CT molecular complexity index is 215. The van der Waals surface area contributed by atoms with Crippen LogP contribution in [-0.4, -0.2) is 23.2 Å². The van der Waals surface area contributed by atoms with Crippen LogP contribution in [-0.2, 0) is 4.79 Å². The van der Waals surface area contributed by atoms with E-state index >= 15 is 0 Å². The summed E-state index contributed by atoms with van der Waals surface area (Å²) in [5.74, 6) is 1.96. The van der Waals surface area contributed by atoms with Gasteiger partial charge in [0.05, 0.1) is 6.04 Å². The Balaban J connectivity index is 2.44. The van der Waals surface area contributed by atoms with Gasteiger partial charge in [-0.25, -0.2) is 0 Å². The summed E-state index contributed by atoms with van der Waals surface area (Å²) in [6.07, 6.45) is 7.14. The quantitative estimate of drug-likeness (QED) is 0.598. The van der Waals surface area contributed by atoms with E-state index in [0.717, 1.165) is 12.8 Å². The molecule has 0 aromatic heterocycles. The van der Waals surface area contributed by atoms with Gasteiger partial charge >= 0.3 is 5.97 Å². The third-order valence-corrected chi connectivity index (χ3v) is 2.04. The molecule has 0 bridgehead atoms. The van der Waals surface area contributed by atoms with Gasteiger partial charge < -0.3 is 5.11 Å². The van der Waals surface area contributed by atoms with Gasteiger partial charge in [-0.2, -0.15) is 0 Å². The SMILES string of the molecule is C#CC(C)NC(C(=O)O)C1CC1. The van der Waals surface area contributed by atoms with Crippen molar-refractivity contribution in [3.05, 3.63) is 0 Å². The summed E-state index contributed by atoms with van der Waals surface area (Å²) in [7, 11) is 0. The summed E-state index contributed by atoms with van der Waals surface area (Å²) in [4.78, 5) is 10.7. The van der Waals surface area contributed by atoms with E-state index in [1.807, 2.05) is 0 Å². The first-order valence-electron chi connectivity index (χ1n) is 4.10. The van der Waals surface area contributed by atoms with Crippen LogP contribution in [0.3, 0.4) is 0 Å². The molecule has 3 nitrogen and oxygen atoms in total. The summed E-state index contributed by atoms with van der Waals surface area (Å²) >= 11 is 0. The molecule has 2 N–H and O–H groups in total. The molecule has 0 heterocycles. The lowest BCUT2D eigenvalue weighted by Crippen LogP contribution is -2.42. The van der Waals surface area contributed by atoms with Crippen molar-refractivity contribution in [2.24, 2.45) is 5.92 Å². The van der Waals surface area contributed by atoms with Gasteiger partial charge in [-0.05, 0) is 25.7 Å². The third-order valence-electron chi connectivity index (χ3n) is 2.04. The second kappa shape index (κ2) is 3.59. The predicted molar refractivity (Wildman–Crippen MR) is 45.6 cm³/mol. The van der Waals surface area contributed by atoms with Crippen molar-refractivity contribution in [1.82, 2.24) is 5.32 Å². The first-order chi connectivity index (χ1) is 5.65. The Labute approximate surface area is 72.2 Å². The molecule has 0 aliphatic heterocycles. The molecule has 0 spiro atoms. The zero-order chi connectivity index (χ0) is 9.14. The largest absolute Gasteiger partial charge is 0.480 e. The van der Waals surface area contributed by atoms with Crippen molar-refractivity contribution >= 4 is 5.97 Å². The summed E-state index contributed by atoms with van der Waals surface area (Å²) in [5, 5.41) is 11.7. The molecule has 0 saturated heterocycles. The van der Waals surface area contributed by atoms with Gasteiger partial charge in [0, 0.05) is 0 Å². The van der Waals surface area contributed by atoms with Crippen LogP contribution in [0.2, 0.25) is 0 Å².